The standard InChI is InChI=1S/C16H20N2O2S/c1-4-13-5-7-14(8-6-13)18-21(19,20)15-9-11(2)12(3)16(17)10-15/h5-10,18H,4,17H2,1-3H3. The molecule has 4 nitrogen and oxygen atoms in total. The Balaban J connectivity index is 2.33. The normalized spacial score (nSPS) is 11.4. The third-order valence-corrected chi connectivity index (χ3v) is 4.97. The summed E-state index contributed by atoms with van der Waals surface area (Å²) in [5, 5.41) is 0. The lowest BCUT2D eigenvalue weighted by Crippen LogP contribution is -2.14. The summed E-state index contributed by atoms with van der Waals surface area (Å²) in [5.41, 5.74) is 9.81. The van der Waals surface area contributed by atoms with E-state index < -0.39 is 10.0 Å². The second kappa shape index (κ2) is 5.77. The average Bonchev–Trinajstić information content (AvgIpc) is 2.44. The van der Waals surface area contributed by atoms with E-state index in [0.717, 1.165) is 23.1 Å². The first kappa shape index (κ1) is 15.4. The molecule has 2 rings (SSSR count). The first-order valence-electron chi connectivity index (χ1n) is 6.82. The van der Waals surface area contributed by atoms with Crippen LogP contribution < -0.4 is 10.5 Å². The van der Waals surface area contributed by atoms with Gasteiger partial charge in [-0.3, -0.25) is 4.72 Å². The van der Waals surface area contributed by atoms with Crippen molar-refractivity contribution in [1.82, 2.24) is 0 Å². The molecule has 0 saturated carbocycles. The topological polar surface area (TPSA) is 72.2 Å². The molecule has 0 atom stereocenters. The number of sulfonamides is 1. The van der Waals surface area contributed by atoms with Gasteiger partial charge >= 0.3 is 0 Å². The highest BCUT2D eigenvalue weighted by Crippen LogP contribution is 2.23. The van der Waals surface area contributed by atoms with E-state index in [-0.39, 0.29) is 4.90 Å². The van der Waals surface area contributed by atoms with Crippen molar-refractivity contribution in [3.8, 4) is 0 Å². The maximum Gasteiger partial charge on any atom is 0.261 e. The monoisotopic (exact) mass is 304 g/mol. The average molecular weight is 304 g/mol. The molecule has 0 radical (unpaired) electrons. The van der Waals surface area contributed by atoms with Crippen molar-refractivity contribution in [3.63, 3.8) is 0 Å². The van der Waals surface area contributed by atoms with Gasteiger partial charge in [-0.2, -0.15) is 0 Å². The number of aryl methyl sites for hydroxylation is 2. The van der Waals surface area contributed by atoms with Crippen molar-refractivity contribution in [3.05, 3.63) is 53.1 Å². The summed E-state index contributed by atoms with van der Waals surface area (Å²) in [6.45, 7) is 5.77. The molecule has 3 N–H and O–H groups in total. The Morgan fingerprint density at radius 3 is 2.24 bits per heavy atom. The van der Waals surface area contributed by atoms with Gasteiger partial charge in [0.1, 0.15) is 0 Å². The predicted octanol–water partition coefficient (Wildman–Crippen LogP) is 3.25. The maximum absolute atomic E-state index is 12.4. The zero-order valence-electron chi connectivity index (χ0n) is 12.5. The van der Waals surface area contributed by atoms with Gasteiger partial charge in [0.2, 0.25) is 0 Å². The van der Waals surface area contributed by atoms with Crippen molar-refractivity contribution in [2.45, 2.75) is 32.1 Å². The smallest absolute Gasteiger partial charge is 0.261 e. The van der Waals surface area contributed by atoms with Gasteiger partial charge < -0.3 is 5.73 Å². The van der Waals surface area contributed by atoms with Gasteiger partial charge in [-0.1, -0.05) is 19.1 Å². The third-order valence-electron chi connectivity index (χ3n) is 3.61. The molecule has 0 heterocycles. The molecule has 21 heavy (non-hydrogen) atoms. The fraction of sp³-hybridized carbons (Fsp3) is 0.250. The summed E-state index contributed by atoms with van der Waals surface area (Å²) in [6, 6.07) is 10.5. The second-order valence-electron chi connectivity index (χ2n) is 5.11. The molecule has 2 aromatic rings. The summed E-state index contributed by atoms with van der Waals surface area (Å²) in [5.74, 6) is 0. The Hall–Kier alpha value is -2.01. The van der Waals surface area contributed by atoms with Crippen molar-refractivity contribution in [2.24, 2.45) is 0 Å². The fourth-order valence-electron chi connectivity index (χ4n) is 2.03. The molecule has 5 heteroatoms. The van der Waals surface area contributed by atoms with Gasteiger partial charge in [0.15, 0.2) is 0 Å². The minimum absolute atomic E-state index is 0.183. The second-order valence-corrected chi connectivity index (χ2v) is 6.79. The van der Waals surface area contributed by atoms with Crippen LogP contribution in [0.5, 0.6) is 0 Å². The highest BCUT2D eigenvalue weighted by molar-refractivity contribution is 7.92. The molecule has 0 aliphatic rings. The largest absolute Gasteiger partial charge is 0.398 e. The molecule has 0 unspecified atom stereocenters. The molecule has 2 aromatic carbocycles. The van der Waals surface area contributed by atoms with Crippen LogP contribution in [0.4, 0.5) is 11.4 Å². The Kier molecular flexibility index (Phi) is 4.23. The van der Waals surface area contributed by atoms with E-state index in [1.165, 1.54) is 6.07 Å². The van der Waals surface area contributed by atoms with Crippen molar-refractivity contribution >= 4 is 21.4 Å². The minimum atomic E-state index is -3.62. The van der Waals surface area contributed by atoms with Gasteiger partial charge in [-0.15, -0.1) is 0 Å². The van der Waals surface area contributed by atoms with Gasteiger partial charge in [0, 0.05) is 11.4 Å². The van der Waals surface area contributed by atoms with E-state index in [9.17, 15) is 8.42 Å². The fourth-order valence-corrected chi connectivity index (χ4v) is 3.21. The predicted molar refractivity (Wildman–Crippen MR) is 87.0 cm³/mol. The molecule has 0 saturated heterocycles. The van der Waals surface area contributed by atoms with Crippen molar-refractivity contribution in [2.75, 3.05) is 10.5 Å². The Morgan fingerprint density at radius 2 is 1.71 bits per heavy atom. The highest BCUT2D eigenvalue weighted by Gasteiger charge is 2.16. The number of hydrogen-bond donors (Lipinski definition) is 2. The zero-order chi connectivity index (χ0) is 15.6. The Bertz CT molecular complexity index is 727. The van der Waals surface area contributed by atoms with Crippen molar-refractivity contribution in [1.29, 1.82) is 0 Å². The van der Waals surface area contributed by atoms with E-state index in [1.54, 1.807) is 18.2 Å². The molecular formula is C16H20N2O2S. The number of benzene rings is 2. The minimum Gasteiger partial charge on any atom is -0.398 e. The quantitative estimate of drug-likeness (QED) is 0.852. The lowest BCUT2D eigenvalue weighted by molar-refractivity contribution is 0.601. The molecule has 0 amide bonds. The number of nitrogens with one attached hydrogen (secondary N) is 1. The Labute approximate surface area is 126 Å². The molecule has 0 aliphatic carbocycles. The van der Waals surface area contributed by atoms with E-state index in [1.807, 2.05) is 26.0 Å². The van der Waals surface area contributed by atoms with Gasteiger partial charge in [-0.25, -0.2) is 8.42 Å². The van der Waals surface area contributed by atoms with Crippen LogP contribution in [0.1, 0.15) is 23.6 Å². The lowest BCUT2D eigenvalue weighted by Gasteiger charge is -2.12. The first-order valence-corrected chi connectivity index (χ1v) is 8.30. The van der Waals surface area contributed by atoms with Crippen LogP contribution in [0, 0.1) is 13.8 Å². The molecule has 0 bridgehead atoms. The van der Waals surface area contributed by atoms with Crippen LogP contribution >= 0.6 is 0 Å². The van der Waals surface area contributed by atoms with E-state index in [0.29, 0.717) is 11.4 Å². The summed E-state index contributed by atoms with van der Waals surface area (Å²) in [6.07, 6.45) is 0.917. The van der Waals surface area contributed by atoms with Gasteiger partial charge in [0.05, 0.1) is 4.90 Å². The SMILES string of the molecule is CCc1ccc(NS(=O)(=O)c2cc(C)c(C)c(N)c2)cc1. The van der Waals surface area contributed by atoms with E-state index in [4.69, 9.17) is 5.73 Å². The lowest BCUT2D eigenvalue weighted by atomic mass is 10.1. The van der Waals surface area contributed by atoms with Crippen LogP contribution in [0.15, 0.2) is 41.3 Å². The van der Waals surface area contributed by atoms with E-state index >= 15 is 0 Å². The number of nitrogen functional groups attached to an aromatic ring is 1. The number of rotatable bonds is 4. The third kappa shape index (κ3) is 3.36. The van der Waals surface area contributed by atoms with Crippen LogP contribution in [0.3, 0.4) is 0 Å². The van der Waals surface area contributed by atoms with Gasteiger partial charge in [0.25, 0.3) is 10.0 Å². The van der Waals surface area contributed by atoms with Crippen LogP contribution in [0.2, 0.25) is 0 Å². The Morgan fingerprint density at radius 1 is 1.10 bits per heavy atom. The van der Waals surface area contributed by atoms with Gasteiger partial charge in [-0.05, 0) is 61.2 Å². The first-order chi connectivity index (χ1) is 9.83. The zero-order valence-corrected chi connectivity index (χ0v) is 13.3. The summed E-state index contributed by atoms with van der Waals surface area (Å²) in [7, 11) is -3.62. The maximum atomic E-state index is 12.4. The molecule has 0 spiro atoms. The van der Waals surface area contributed by atoms with Crippen molar-refractivity contribution < 1.29 is 8.42 Å². The molecular weight excluding hydrogens is 284 g/mol. The summed E-state index contributed by atoms with van der Waals surface area (Å²) >= 11 is 0. The number of nitrogens with two attached hydrogens (primary N) is 1. The molecule has 0 aliphatic heterocycles. The van der Waals surface area contributed by atoms with E-state index in [2.05, 4.69) is 11.6 Å². The summed E-state index contributed by atoms with van der Waals surface area (Å²) < 4.78 is 27.4. The molecule has 0 aromatic heterocycles. The molecule has 0 fully saturated rings. The summed E-state index contributed by atoms with van der Waals surface area (Å²) in [4.78, 5) is 0.183. The molecule has 112 valence electrons. The number of anilines is 2. The van der Waals surface area contributed by atoms with Crippen LogP contribution in [-0.2, 0) is 16.4 Å². The van der Waals surface area contributed by atoms with Crippen LogP contribution in [0.25, 0.3) is 0 Å². The number of hydrogen-bond acceptors (Lipinski definition) is 3. The highest BCUT2D eigenvalue weighted by atomic mass is 32.2. The van der Waals surface area contributed by atoms with Crippen LogP contribution in [-0.4, -0.2) is 8.42 Å².